The van der Waals surface area contributed by atoms with Gasteiger partial charge in [-0.15, -0.1) is 0 Å². The molecule has 2 aromatic rings. The van der Waals surface area contributed by atoms with Crippen molar-refractivity contribution in [3.63, 3.8) is 0 Å². The maximum atomic E-state index is 13.3. The van der Waals surface area contributed by atoms with Crippen LogP contribution in [0, 0.1) is 5.82 Å². The Balaban J connectivity index is 1.76. The van der Waals surface area contributed by atoms with E-state index in [0.29, 0.717) is 17.4 Å². The highest BCUT2D eigenvalue weighted by Gasteiger charge is 2.20. The van der Waals surface area contributed by atoms with Crippen molar-refractivity contribution in [1.82, 2.24) is 5.32 Å². The average molecular weight is 266 g/mol. The molecular weight excluding hydrogens is 253 g/mol. The van der Waals surface area contributed by atoms with E-state index in [9.17, 15) is 4.39 Å². The van der Waals surface area contributed by atoms with Crippen LogP contribution in [0.2, 0.25) is 5.02 Å². The summed E-state index contributed by atoms with van der Waals surface area (Å²) in [6.45, 7) is 0.723. The highest BCUT2D eigenvalue weighted by molar-refractivity contribution is 6.30. The van der Waals surface area contributed by atoms with Crippen molar-refractivity contribution >= 4 is 11.6 Å². The van der Waals surface area contributed by atoms with Crippen molar-refractivity contribution in [2.45, 2.75) is 25.4 Å². The van der Waals surface area contributed by atoms with Crippen LogP contribution in [-0.4, -0.2) is 6.04 Å². The molecule has 0 unspecified atom stereocenters. The van der Waals surface area contributed by atoms with Crippen LogP contribution in [0.5, 0.6) is 0 Å². The first-order chi connectivity index (χ1) is 8.72. The highest BCUT2D eigenvalue weighted by atomic mass is 35.5. The maximum Gasteiger partial charge on any atom is 0.142 e. The molecule has 94 valence electrons. The third-order valence-electron chi connectivity index (χ3n) is 3.01. The summed E-state index contributed by atoms with van der Waals surface area (Å²) >= 11 is 5.65. The van der Waals surface area contributed by atoms with Crippen LogP contribution < -0.4 is 5.32 Å². The van der Waals surface area contributed by atoms with Crippen molar-refractivity contribution in [3.8, 4) is 11.3 Å². The molecule has 0 saturated heterocycles. The molecule has 2 nitrogen and oxygen atoms in total. The van der Waals surface area contributed by atoms with Crippen LogP contribution in [0.4, 0.5) is 4.39 Å². The largest absolute Gasteiger partial charge is 0.460 e. The number of halogens is 2. The molecule has 0 bridgehead atoms. The summed E-state index contributed by atoms with van der Waals surface area (Å²) in [6.07, 6.45) is 2.49. The lowest BCUT2D eigenvalue weighted by atomic mass is 10.2. The average Bonchev–Trinajstić information content (AvgIpc) is 3.08. The van der Waals surface area contributed by atoms with E-state index in [4.69, 9.17) is 16.0 Å². The maximum absolute atomic E-state index is 13.3. The topological polar surface area (TPSA) is 25.2 Å². The minimum Gasteiger partial charge on any atom is -0.460 e. The Kier molecular flexibility index (Phi) is 3.10. The fourth-order valence-corrected chi connectivity index (χ4v) is 1.93. The fourth-order valence-electron chi connectivity index (χ4n) is 1.81. The Morgan fingerprint density at radius 2 is 2.11 bits per heavy atom. The molecule has 1 fully saturated rings. The highest BCUT2D eigenvalue weighted by Crippen LogP contribution is 2.26. The Morgan fingerprint density at radius 1 is 1.28 bits per heavy atom. The third-order valence-corrected chi connectivity index (χ3v) is 3.31. The predicted octanol–water partition coefficient (Wildman–Crippen LogP) is 3.99. The van der Waals surface area contributed by atoms with Gasteiger partial charge in [0.15, 0.2) is 0 Å². The summed E-state index contributed by atoms with van der Waals surface area (Å²) in [7, 11) is 0. The number of hydrogen-bond donors (Lipinski definition) is 1. The van der Waals surface area contributed by atoms with Gasteiger partial charge in [0.1, 0.15) is 17.3 Å². The van der Waals surface area contributed by atoms with Crippen LogP contribution >= 0.6 is 11.6 Å². The first-order valence-corrected chi connectivity index (χ1v) is 6.38. The van der Waals surface area contributed by atoms with Gasteiger partial charge >= 0.3 is 0 Å². The van der Waals surface area contributed by atoms with Gasteiger partial charge in [-0.3, -0.25) is 0 Å². The van der Waals surface area contributed by atoms with E-state index < -0.39 is 5.82 Å². The zero-order valence-electron chi connectivity index (χ0n) is 9.75. The van der Waals surface area contributed by atoms with Crippen molar-refractivity contribution in [3.05, 3.63) is 46.9 Å². The zero-order chi connectivity index (χ0) is 12.5. The molecule has 1 aromatic heterocycles. The fraction of sp³-hybridized carbons (Fsp3) is 0.286. The van der Waals surface area contributed by atoms with Gasteiger partial charge in [0.2, 0.25) is 0 Å². The quantitative estimate of drug-likeness (QED) is 0.904. The molecule has 0 spiro atoms. The van der Waals surface area contributed by atoms with E-state index in [1.165, 1.54) is 25.0 Å². The Morgan fingerprint density at radius 3 is 2.83 bits per heavy atom. The second-order valence-corrected chi connectivity index (χ2v) is 4.96. The molecule has 1 aliphatic carbocycles. The third kappa shape index (κ3) is 2.57. The number of nitrogens with one attached hydrogen (secondary N) is 1. The summed E-state index contributed by atoms with van der Waals surface area (Å²) in [5.41, 5.74) is 0.703. The molecule has 1 aromatic carbocycles. The molecule has 0 amide bonds. The van der Waals surface area contributed by atoms with Gasteiger partial charge < -0.3 is 9.73 Å². The first kappa shape index (κ1) is 11.8. The standard InChI is InChI=1S/C14H13ClFNO/c15-12-5-1-9(7-13(12)16)14-6-4-11(18-14)8-17-10-2-3-10/h1,4-7,10,17H,2-3,8H2. The zero-order valence-corrected chi connectivity index (χ0v) is 10.5. The monoisotopic (exact) mass is 265 g/mol. The molecule has 1 aliphatic rings. The van der Waals surface area contributed by atoms with Crippen molar-refractivity contribution < 1.29 is 8.81 Å². The smallest absolute Gasteiger partial charge is 0.142 e. The van der Waals surface area contributed by atoms with E-state index in [0.717, 1.165) is 12.3 Å². The molecule has 1 N–H and O–H groups in total. The Hall–Kier alpha value is -1.32. The van der Waals surface area contributed by atoms with Crippen molar-refractivity contribution in [2.75, 3.05) is 0 Å². The van der Waals surface area contributed by atoms with Gasteiger partial charge in [0.25, 0.3) is 0 Å². The lowest BCUT2D eigenvalue weighted by Crippen LogP contribution is -2.14. The van der Waals surface area contributed by atoms with Gasteiger partial charge in [-0.2, -0.15) is 0 Å². The molecule has 4 heteroatoms. The normalized spacial score (nSPS) is 15.0. The van der Waals surface area contributed by atoms with Crippen LogP contribution in [0.3, 0.4) is 0 Å². The molecule has 3 rings (SSSR count). The van der Waals surface area contributed by atoms with Gasteiger partial charge in [0.05, 0.1) is 11.6 Å². The van der Waals surface area contributed by atoms with Gasteiger partial charge in [-0.25, -0.2) is 4.39 Å². The summed E-state index contributed by atoms with van der Waals surface area (Å²) in [6, 6.07) is 9.09. The van der Waals surface area contributed by atoms with E-state index in [-0.39, 0.29) is 5.02 Å². The summed E-state index contributed by atoms with van der Waals surface area (Å²) in [5, 5.41) is 3.50. The summed E-state index contributed by atoms with van der Waals surface area (Å²) in [4.78, 5) is 0. The number of hydrogen-bond acceptors (Lipinski definition) is 2. The first-order valence-electron chi connectivity index (χ1n) is 6.00. The van der Waals surface area contributed by atoms with Gasteiger partial charge in [-0.1, -0.05) is 11.6 Å². The molecule has 0 radical (unpaired) electrons. The lowest BCUT2D eigenvalue weighted by Gasteiger charge is -2.00. The molecule has 0 atom stereocenters. The Bertz CT molecular complexity index is 563. The van der Waals surface area contributed by atoms with Crippen LogP contribution in [-0.2, 0) is 6.54 Å². The summed E-state index contributed by atoms with van der Waals surface area (Å²) < 4.78 is 19.0. The number of benzene rings is 1. The Labute approximate surface area is 110 Å². The SMILES string of the molecule is Fc1cc(-c2ccc(CNC3CC3)o2)ccc1Cl. The second kappa shape index (κ2) is 4.75. The molecule has 18 heavy (non-hydrogen) atoms. The van der Waals surface area contributed by atoms with Crippen molar-refractivity contribution in [2.24, 2.45) is 0 Å². The van der Waals surface area contributed by atoms with E-state index >= 15 is 0 Å². The van der Waals surface area contributed by atoms with Gasteiger partial charge in [0, 0.05) is 11.6 Å². The minimum atomic E-state index is -0.428. The lowest BCUT2D eigenvalue weighted by molar-refractivity contribution is 0.492. The van der Waals surface area contributed by atoms with Crippen LogP contribution in [0.1, 0.15) is 18.6 Å². The molecule has 0 aliphatic heterocycles. The van der Waals surface area contributed by atoms with Crippen molar-refractivity contribution in [1.29, 1.82) is 0 Å². The summed E-state index contributed by atoms with van der Waals surface area (Å²) in [5.74, 6) is 1.11. The van der Waals surface area contributed by atoms with Gasteiger partial charge in [-0.05, 0) is 43.2 Å². The van der Waals surface area contributed by atoms with E-state index in [1.807, 2.05) is 12.1 Å². The van der Waals surface area contributed by atoms with Crippen LogP contribution in [0.15, 0.2) is 34.7 Å². The number of rotatable bonds is 4. The minimum absolute atomic E-state index is 0.126. The molecular formula is C14H13ClFNO. The molecule has 1 saturated carbocycles. The molecule has 1 heterocycles. The predicted molar refractivity (Wildman–Crippen MR) is 69.0 cm³/mol. The second-order valence-electron chi connectivity index (χ2n) is 4.55. The number of furan rings is 1. The van der Waals surface area contributed by atoms with E-state index in [1.54, 1.807) is 6.07 Å². The van der Waals surface area contributed by atoms with Crippen LogP contribution in [0.25, 0.3) is 11.3 Å². The van der Waals surface area contributed by atoms with E-state index in [2.05, 4.69) is 5.32 Å².